The van der Waals surface area contributed by atoms with Gasteiger partial charge in [-0.2, -0.15) is 0 Å². The highest BCUT2D eigenvalue weighted by molar-refractivity contribution is 5.81. The SMILES string of the molecule is Cc1ccc(CNC(=O)[C@@H](C)N2CCN(c3ccccc3O)CC2)cc1. The normalized spacial score (nSPS) is 16.3. The Kier molecular flexibility index (Phi) is 5.78. The van der Waals surface area contributed by atoms with Crippen LogP contribution in [0.2, 0.25) is 0 Å². The first kappa shape index (κ1) is 18.3. The number of phenolic OH excluding ortho intramolecular Hbond substituents is 1. The van der Waals surface area contributed by atoms with E-state index < -0.39 is 0 Å². The molecule has 1 amide bonds. The summed E-state index contributed by atoms with van der Waals surface area (Å²) in [4.78, 5) is 16.8. The van der Waals surface area contributed by atoms with E-state index in [-0.39, 0.29) is 11.9 Å². The molecule has 1 atom stereocenters. The number of piperazine rings is 1. The average Bonchev–Trinajstić information content (AvgIpc) is 2.67. The van der Waals surface area contributed by atoms with Gasteiger partial charge < -0.3 is 15.3 Å². The summed E-state index contributed by atoms with van der Waals surface area (Å²) in [5, 5.41) is 13.0. The molecule has 26 heavy (non-hydrogen) atoms. The van der Waals surface area contributed by atoms with E-state index in [0.717, 1.165) is 37.4 Å². The van der Waals surface area contributed by atoms with Gasteiger partial charge in [-0.15, -0.1) is 0 Å². The van der Waals surface area contributed by atoms with Crippen molar-refractivity contribution in [1.82, 2.24) is 10.2 Å². The van der Waals surface area contributed by atoms with Crippen molar-refractivity contribution in [2.75, 3.05) is 31.1 Å². The van der Waals surface area contributed by atoms with Crippen molar-refractivity contribution in [3.05, 3.63) is 59.7 Å². The maximum absolute atomic E-state index is 12.5. The number of nitrogens with one attached hydrogen (secondary N) is 1. The van der Waals surface area contributed by atoms with E-state index >= 15 is 0 Å². The molecule has 0 bridgehead atoms. The second kappa shape index (κ2) is 8.23. The Balaban J connectivity index is 1.49. The van der Waals surface area contributed by atoms with E-state index in [9.17, 15) is 9.90 Å². The lowest BCUT2D eigenvalue weighted by molar-refractivity contribution is -0.126. The zero-order valence-corrected chi connectivity index (χ0v) is 15.5. The second-order valence-electron chi connectivity index (χ2n) is 6.89. The number of carbonyl (C=O) groups excluding carboxylic acids is 1. The highest BCUT2D eigenvalue weighted by Gasteiger charge is 2.26. The number of rotatable bonds is 5. The van der Waals surface area contributed by atoms with Crippen molar-refractivity contribution in [2.24, 2.45) is 0 Å². The Morgan fingerprint density at radius 2 is 1.73 bits per heavy atom. The largest absolute Gasteiger partial charge is 0.506 e. The van der Waals surface area contributed by atoms with Gasteiger partial charge in [0.1, 0.15) is 5.75 Å². The number of benzene rings is 2. The van der Waals surface area contributed by atoms with Crippen LogP contribution in [0.3, 0.4) is 0 Å². The van der Waals surface area contributed by atoms with E-state index in [2.05, 4.69) is 34.2 Å². The van der Waals surface area contributed by atoms with Gasteiger partial charge in [-0.25, -0.2) is 0 Å². The van der Waals surface area contributed by atoms with Crippen LogP contribution in [0.5, 0.6) is 5.75 Å². The lowest BCUT2D eigenvalue weighted by atomic mass is 10.1. The van der Waals surface area contributed by atoms with Gasteiger partial charge >= 0.3 is 0 Å². The maximum atomic E-state index is 12.5. The van der Waals surface area contributed by atoms with E-state index in [1.165, 1.54) is 5.56 Å². The number of aromatic hydroxyl groups is 1. The summed E-state index contributed by atoms with van der Waals surface area (Å²) >= 11 is 0. The molecule has 3 rings (SSSR count). The number of hydrogen-bond acceptors (Lipinski definition) is 4. The lowest BCUT2D eigenvalue weighted by Gasteiger charge is -2.38. The first-order chi connectivity index (χ1) is 12.5. The Morgan fingerprint density at radius 3 is 2.38 bits per heavy atom. The van der Waals surface area contributed by atoms with Crippen molar-refractivity contribution in [3.63, 3.8) is 0 Å². The third-order valence-corrected chi connectivity index (χ3v) is 5.05. The average molecular weight is 353 g/mol. The van der Waals surface area contributed by atoms with E-state index in [4.69, 9.17) is 0 Å². The van der Waals surface area contributed by atoms with Crippen LogP contribution in [0.25, 0.3) is 0 Å². The zero-order valence-electron chi connectivity index (χ0n) is 15.5. The molecule has 0 aromatic heterocycles. The topological polar surface area (TPSA) is 55.8 Å². The predicted octanol–water partition coefficient (Wildman–Crippen LogP) is 2.53. The summed E-state index contributed by atoms with van der Waals surface area (Å²) in [6.07, 6.45) is 0. The molecule has 1 saturated heterocycles. The summed E-state index contributed by atoms with van der Waals surface area (Å²) in [5.74, 6) is 0.367. The molecule has 0 spiro atoms. The van der Waals surface area contributed by atoms with E-state index in [1.54, 1.807) is 6.07 Å². The standard InChI is InChI=1S/C21H27N3O2/c1-16-7-9-18(10-8-16)15-22-21(26)17(2)23-11-13-24(14-12-23)19-5-3-4-6-20(19)25/h3-10,17,25H,11-15H2,1-2H3,(H,22,26)/t17-/m1/s1. The highest BCUT2D eigenvalue weighted by Crippen LogP contribution is 2.27. The van der Waals surface area contributed by atoms with Crippen molar-refractivity contribution < 1.29 is 9.90 Å². The maximum Gasteiger partial charge on any atom is 0.237 e. The predicted molar refractivity (Wildman–Crippen MR) is 104 cm³/mol. The molecule has 0 unspecified atom stereocenters. The molecule has 1 heterocycles. The number of nitrogens with zero attached hydrogens (tertiary/aromatic N) is 2. The summed E-state index contributed by atoms with van der Waals surface area (Å²) in [5.41, 5.74) is 3.19. The van der Waals surface area contributed by atoms with Gasteiger partial charge in [-0.3, -0.25) is 9.69 Å². The van der Waals surface area contributed by atoms with Crippen molar-refractivity contribution in [1.29, 1.82) is 0 Å². The van der Waals surface area contributed by atoms with E-state index in [1.807, 2.05) is 37.3 Å². The minimum absolute atomic E-state index is 0.0570. The third kappa shape index (κ3) is 4.35. The van der Waals surface area contributed by atoms with Crippen LogP contribution in [-0.4, -0.2) is 48.1 Å². The van der Waals surface area contributed by atoms with Crippen molar-refractivity contribution >= 4 is 11.6 Å². The summed E-state index contributed by atoms with van der Waals surface area (Å²) in [6, 6.07) is 15.5. The Morgan fingerprint density at radius 1 is 1.08 bits per heavy atom. The molecule has 1 aliphatic heterocycles. The molecule has 0 radical (unpaired) electrons. The fourth-order valence-electron chi connectivity index (χ4n) is 3.29. The molecule has 5 nitrogen and oxygen atoms in total. The number of aryl methyl sites for hydroxylation is 1. The summed E-state index contributed by atoms with van der Waals surface area (Å²) in [6.45, 7) is 7.77. The van der Waals surface area contributed by atoms with Gasteiger partial charge in [0, 0.05) is 32.7 Å². The molecule has 0 aliphatic carbocycles. The number of anilines is 1. The molecular weight excluding hydrogens is 326 g/mol. The summed E-state index contributed by atoms with van der Waals surface area (Å²) in [7, 11) is 0. The van der Waals surface area contributed by atoms with Crippen LogP contribution in [0.4, 0.5) is 5.69 Å². The molecule has 1 aliphatic rings. The van der Waals surface area contributed by atoms with Gasteiger partial charge in [-0.1, -0.05) is 42.0 Å². The monoisotopic (exact) mass is 353 g/mol. The molecule has 2 aromatic carbocycles. The van der Waals surface area contributed by atoms with Crippen molar-refractivity contribution in [3.8, 4) is 5.75 Å². The van der Waals surface area contributed by atoms with Gasteiger partial charge in [0.2, 0.25) is 5.91 Å². The molecular formula is C21H27N3O2. The van der Waals surface area contributed by atoms with Gasteiger partial charge in [0.15, 0.2) is 0 Å². The van der Waals surface area contributed by atoms with Gasteiger partial charge in [0.25, 0.3) is 0 Å². The lowest BCUT2D eigenvalue weighted by Crippen LogP contribution is -2.53. The number of para-hydroxylation sites is 2. The second-order valence-corrected chi connectivity index (χ2v) is 6.89. The first-order valence-corrected chi connectivity index (χ1v) is 9.15. The van der Waals surface area contributed by atoms with Crippen molar-refractivity contribution in [2.45, 2.75) is 26.4 Å². The molecule has 2 N–H and O–H groups in total. The molecule has 5 heteroatoms. The number of phenols is 1. The van der Waals surface area contributed by atoms with E-state index in [0.29, 0.717) is 12.3 Å². The van der Waals surface area contributed by atoms with Gasteiger partial charge in [0.05, 0.1) is 11.7 Å². The molecule has 1 fully saturated rings. The third-order valence-electron chi connectivity index (χ3n) is 5.05. The van der Waals surface area contributed by atoms with Crippen LogP contribution < -0.4 is 10.2 Å². The van der Waals surface area contributed by atoms with Crippen LogP contribution in [0.15, 0.2) is 48.5 Å². The smallest absolute Gasteiger partial charge is 0.237 e. The van der Waals surface area contributed by atoms with Crippen LogP contribution >= 0.6 is 0 Å². The Labute approximate surface area is 155 Å². The molecule has 0 saturated carbocycles. The number of hydrogen-bond donors (Lipinski definition) is 2. The summed E-state index contributed by atoms with van der Waals surface area (Å²) < 4.78 is 0. The fourth-order valence-corrected chi connectivity index (χ4v) is 3.29. The minimum Gasteiger partial charge on any atom is -0.506 e. The first-order valence-electron chi connectivity index (χ1n) is 9.15. The molecule has 2 aromatic rings. The number of amides is 1. The quantitative estimate of drug-likeness (QED) is 0.867. The Hall–Kier alpha value is -2.53. The van der Waals surface area contributed by atoms with Crippen LogP contribution in [0, 0.1) is 6.92 Å². The fraction of sp³-hybridized carbons (Fsp3) is 0.381. The molecule has 138 valence electrons. The minimum atomic E-state index is -0.160. The zero-order chi connectivity index (χ0) is 18.5. The van der Waals surface area contributed by atoms with Gasteiger partial charge in [-0.05, 0) is 31.5 Å². The Bertz CT molecular complexity index is 737. The van der Waals surface area contributed by atoms with Crippen LogP contribution in [0.1, 0.15) is 18.1 Å². The van der Waals surface area contributed by atoms with Crippen LogP contribution in [-0.2, 0) is 11.3 Å². The number of carbonyl (C=O) groups is 1. The highest BCUT2D eigenvalue weighted by atomic mass is 16.3.